The van der Waals surface area contributed by atoms with E-state index in [0.717, 1.165) is 27.5 Å². The molecular formula is C13H16INO. The zero-order chi connectivity index (χ0) is 11.7. The summed E-state index contributed by atoms with van der Waals surface area (Å²) in [6.45, 7) is 3.14. The van der Waals surface area contributed by atoms with Crippen LogP contribution in [0, 0.1) is 15.4 Å². The van der Waals surface area contributed by atoms with Gasteiger partial charge < -0.3 is 4.90 Å². The molecule has 2 unspecified atom stereocenters. The number of hydrogen-bond donors (Lipinski definition) is 0. The van der Waals surface area contributed by atoms with Crippen LogP contribution < -0.4 is 0 Å². The highest BCUT2D eigenvalue weighted by Crippen LogP contribution is 2.38. The molecule has 0 aliphatic heterocycles. The summed E-state index contributed by atoms with van der Waals surface area (Å²) in [6.07, 6.45) is 1.27. The second kappa shape index (κ2) is 4.73. The van der Waals surface area contributed by atoms with Crippen molar-refractivity contribution in [1.29, 1.82) is 0 Å². The van der Waals surface area contributed by atoms with Crippen molar-refractivity contribution >= 4 is 28.5 Å². The van der Waals surface area contributed by atoms with Crippen LogP contribution in [-0.2, 0) is 0 Å². The van der Waals surface area contributed by atoms with Gasteiger partial charge in [-0.15, -0.1) is 0 Å². The first-order valence-corrected chi connectivity index (χ1v) is 6.67. The highest BCUT2D eigenvalue weighted by molar-refractivity contribution is 14.1. The maximum Gasteiger partial charge on any atom is 0.254 e. The third-order valence-corrected chi connectivity index (χ3v) is 4.18. The number of benzene rings is 1. The smallest absolute Gasteiger partial charge is 0.254 e. The Morgan fingerprint density at radius 1 is 1.50 bits per heavy atom. The van der Waals surface area contributed by atoms with Crippen LogP contribution in [0.1, 0.15) is 23.7 Å². The van der Waals surface area contributed by atoms with Gasteiger partial charge in [-0.1, -0.05) is 19.1 Å². The van der Waals surface area contributed by atoms with E-state index in [1.54, 1.807) is 0 Å². The molecule has 2 atom stereocenters. The van der Waals surface area contributed by atoms with Crippen molar-refractivity contribution in [3.63, 3.8) is 0 Å². The van der Waals surface area contributed by atoms with Crippen LogP contribution in [0.5, 0.6) is 0 Å². The molecule has 2 nitrogen and oxygen atoms in total. The lowest BCUT2D eigenvalue weighted by atomic mass is 10.2. The number of hydrogen-bond acceptors (Lipinski definition) is 1. The fraction of sp³-hybridized carbons (Fsp3) is 0.462. The summed E-state index contributed by atoms with van der Waals surface area (Å²) < 4.78 is 1.03. The summed E-state index contributed by atoms with van der Waals surface area (Å²) in [5.41, 5.74) is 0.818. The van der Waals surface area contributed by atoms with Crippen molar-refractivity contribution in [3.8, 4) is 0 Å². The first-order chi connectivity index (χ1) is 7.59. The van der Waals surface area contributed by atoms with Gasteiger partial charge >= 0.3 is 0 Å². The Bertz CT molecular complexity index is 405. The van der Waals surface area contributed by atoms with Crippen LogP contribution in [0.4, 0.5) is 0 Å². The summed E-state index contributed by atoms with van der Waals surface area (Å²) in [7, 11) is 1.90. The van der Waals surface area contributed by atoms with Crippen molar-refractivity contribution in [2.24, 2.45) is 11.8 Å². The molecule has 2 rings (SSSR count). The van der Waals surface area contributed by atoms with Gasteiger partial charge in [0.25, 0.3) is 5.91 Å². The monoisotopic (exact) mass is 329 g/mol. The van der Waals surface area contributed by atoms with Gasteiger partial charge in [0.15, 0.2) is 0 Å². The summed E-state index contributed by atoms with van der Waals surface area (Å²) in [5.74, 6) is 1.66. The molecule has 86 valence electrons. The van der Waals surface area contributed by atoms with Gasteiger partial charge in [-0.3, -0.25) is 4.79 Å². The zero-order valence-electron chi connectivity index (χ0n) is 9.61. The van der Waals surface area contributed by atoms with Crippen molar-refractivity contribution in [2.45, 2.75) is 13.3 Å². The molecule has 0 spiro atoms. The highest BCUT2D eigenvalue weighted by atomic mass is 127. The fourth-order valence-electron chi connectivity index (χ4n) is 1.93. The van der Waals surface area contributed by atoms with E-state index in [2.05, 4.69) is 29.5 Å². The van der Waals surface area contributed by atoms with Gasteiger partial charge in [-0.05, 0) is 53.0 Å². The molecule has 1 aromatic rings. The average Bonchev–Trinajstić information content (AvgIpc) is 2.94. The van der Waals surface area contributed by atoms with Gasteiger partial charge in [0.05, 0.1) is 5.56 Å². The molecule has 0 bridgehead atoms. The number of nitrogens with zero attached hydrogens (tertiary/aromatic N) is 1. The molecule has 0 saturated heterocycles. The van der Waals surface area contributed by atoms with Crippen LogP contribution in [-0.4, -0.2) is 24.4 Å². The zero-order valence-corrected chi connectivity index (χ0v) is 11.8. The van der Waals surface area contributed by atoms with Crippen LogP contribution in [0.15, 0.2) is 24.3 Å². The molecule has 1 saturated carbocycles. The molecule has 0 heterocycles. The lowest BCUT2D eigenvalue weighted by molar-refractivity contribution is 0.0786. The van der Waals surface area contributed by atoms with E-state index >= 15 is 0 Å². The van der Waals surface area contributed by atoms with Crippen molar-refractivity contribution in [1.82, 2.24) is 4.90 Å². The molecule has 1 aromatic carbocycles. The number of rotatable bonds is 3. The molecule has 16 heavy (non-hydrogen) atoms. The quantitative estimate of drug-likeness (QED) is 0.781. The van der Waals surface area contributed by atoms with Gasteiger partial charge in [0.1, 0.15) is 0 Å². The summed E-state index contributed by atoms with van der Waals surface area (Å²) >= 11 is 2.21. The third-order valence-electron chi connectivity index (χ3n) is 3.24. The van der Waals surface area contributed by atoms with Gasteiger partial charge in [0, 0.05) is 17.2 Å². The second-order valence-electron chi connectivity index (χ2n) is 4.64. The van der Waals surface area contributed by atoms with Gasteiger partial charge in [0.2, 0.25) is 0 Å². The number of carbonyl (C=O) groups is 1. The lowest BCUT2D eigenvalue weighted by Crippen LogP contribution is -2.29. The predicted molar refractivity (Wildman–Crippen MR) is 73.4 cm³/mol. The topological polar surface area (TPSA) is 20.3 Å². The molecule has 3 heteroatoms. The number of halogens is 1. The molecule has 0 radical (unpaired) electrons. The Hall–Kier alpha value is -0.580. The van der Waals surface area contributed by atoms with Gasteiger partial charge in [-0.25, -0.2) is 0 Å². The SMILES string of the molecule is CC1CC1CN(C)C(=O)c1ccccc1I. The van der Waals surface area contributed by atoms with Crippen molar-refractivity contribution in [2.75, 3.05) is 13.6 Å². The first kappa shape index (κ1) is 11.9. The first-order valence-electron chi connectivity index (χ1n) is 5.59. The maximum absolute atomic E-state index is 12.2. The minimum atomic E-state index is 0.143. The number of carbonyl (C=O) groups excluding carboxylic acids is 1. The molecule has 1 fully saturated rings. The van der Waals surface area contributed by atoms with Crippen molar-refractivity contribution < 1.29 is 4.79 Å². The average molecular weight is 329 g/mol. The molecule has 0 aromatic heterocycles. The molecule has 0 N–H and O–H groups in total. The number of amides is 1. The molecule has 1 aliphatic rings. The largest absolute Gasteiger partial charge is 0.341 e. The highest BCUT2D eigenvalue weighted by Gasteiger charge is 2.34. The van der Waals surface area contributed by atoms with Crippen LogP contribution in [0.3, 0.4) is 0 Å². The standard InChI is InChI=1S/C13H16INO/c1-9-7-10(9)8-15(2)13(16)11-5-3-4-6-12(11)14/h3-6,9-10H,7-8H2,1-2H3. The van der Waals surface area contributed by atoms with E-state index in [1.807, 2.05) is 36.2 Å². The maximum atomic E-state index is 12.2. The summed E-state index contributed by atoms with van der Waals surface area (Å²) in [4.78, 5) is 14.0. The summed E-state index contributed by atoms with van der Waals surface area (Å²) in [5, 5.41) is 0. The van der Waals surface area contributed by atoms with E-state index in [0.29, 0.717) is 0 Å². The fourth-order valence-corrected chi connectivity index (χ4v) is 2.55. The second-order valence-corrected chi connectivity index (χ2v) is 5.80. The predicted octanol–water partition coefficient (Wildman–Crippen LogP) is 3.02. The van der Waals surface area contributed by atoms with Crippen molar-refractivity contribution in [3.05, 3.63) is 33.4 Å². The van der Waals surface area contributed by atoms with E-state index in [4.69, 9.17) is 0 Å². The third kappa shape index (κ3) is 2.56. The summed E-state index contributed by atoms with van der Waals surface area (Å²) in [6, 6.07) is 7.75. The van der Waals surface area contributed by atoms with E-state index in [9.17, 15) is 4.79 Å². The lowest BCUT2D eigenvalue weighted by Gasteiger charge is -2.17. The van der Waals surface area contributed by atoms with Crippen LogP contribution in [0.2, 0.25) is 0 Å². The minimum absolute atomic E-state index is 0.143. The minimum Gasteiger partial charge on any atom is -0.341 e. The van der Waals surface area contributed by atoms with E-state index in [-0.39, 0.29) is 5.91 Å². The molecule has 1 amide bonds. The molecular weight excluding hydrogens is 313 g/mol. The van der Waals surface area contributed by atoms with Crippen LogP contribution >= 0.6 is 22.6 Å². The Morgan fingerprint density at radius 3 is 2.69 bits per heavy atom. The normalized spacial score (nSPS) is 22.9. The van der Waals surface area contributed by atoms with Crippen LogP contribution in [0.25, 0.3) is 0 Å². The molecule has 1 aliphatic carbocycles. The van der Waals surface area contributed by atoms with Gasteiger partial charge in [-0.2, -0.15) is 0 Å². The Morgan fingerprint density at radius 2 is 2.12 bits per heavy atom. The Balaban J connectivity index is 2.04. The van der Waals surface area contributed by atoms with E-state index in [1.165, 1.54) is 6.42 Å². The Kier molecular flexibility index (Phi) is 3.52. The Labute approximate surface area is 110 Å². The van der Waals surface area contributed by atoms with E-state index < -0.39 is 0 Å².